The molecular weight excluding hydrogens is 224 g/mol. The number of alkyl halides is 3. The van der Waals surface area contributed by atoms with Crippen LogP contribution in [-0.4, -0.2) is 12.8 Å². The van der Waals surface area contributed by atoms with E-state index in [0.29, 0.717) is 0 Å². The molecule has 92 valence electrons. The van der Waals surface area contributed by atoms with Gasteiger partial charge in [0.15, 0.2) is 0 Å². The topological polar surface area (TPSA) is 9.23 Å². The van der Waals surface area contributed by atoms with Gasteiger partial charge >= 0.3 is 6.18 Å². The number of ether oxygens (including phenoxy) is 1. The Morgan fingerprint density at radius 1 is 1.38 bits per heavy atom. The molecule has 0 aromatic rings. The van der Waals surface area contributed by atoms with Crippen molar-refractivity contribution in [1.82, 2.24) is 0 Å². The Kier molecular flexibility index (Phi) is 6.53. The highest BCUT2D eigenvalue weighted by molar-refractivity contribution is 5.20. The Balaban J connectivity index is 3.99. The highest BCUT2D eigenvalue weighted by Gasteiger charge is 2.26. The lowest BCUT2D eigenvalue weighted by Gasteiger charge is -2.08. The maximum Gasteiger partial charge on any atom is 0.389 e. The predicted octanol–water partition coefficient (Wildman–Crippen LogP) is 4.29. The third-order valence-corrected chi connectivity index (χ3v) is 1.63. The molecule has 0 heterocycles. The van der Waals surface area contributed by atoms with Crippen molar-refractivity contribution in [3.8, 4) is 0 Å². The van der Waals surface area contributed by atoms with E-state index in [0.717, 1.165) is 6.08 Å². The van der Waals surface area contributed by atoms with Gasteiger partial charge in [0.2, 0.25) is 0 Å². The second-order valence-electron chi connectivity index (χ2n) is 2.99. The van der Waals surface area contributed by atoms with Crippen molar-refractivity contribution in [2.45, 2.75) is 25.9 Å². The molecule has 0 aromatic heterocycles. The van der Waals surface area contributed by atoms with Crippen molar-refractivity contribution < 1.29 is 22.3 Å². The van der Waals surface area contributed by atoms with Gasteiger partial charge in [0.25, 0.3) is 0 Å². The largest absolute Gasteiger partial charge is 0.494 e. The van der Waals surface area contributed by atoms with E-state index in [1.165, 1.54) is 19.1 Å². The highest BCUT2D eigenvalue weighted by atomic mass is 19.4. The van der Waals surface area contributed by atoms with Crippen LogP contribution in [0.5, 0.6) is 0 Å². The summed E-state index contributed by atoms with van der Waals surface area (Å²) in [5.74, 6) is -0.400. The van der Waals surface area contributed by atoms with Gasteiger partial charge in [0.1, 0.15) is 11.6 Å². The molecule has 0 spiro atoms. The average molecular weight is 238 g/mol. The minimum absolute atomic E-state index is 0.117. The minimum Gasteiger partial charge on any atom is -0.494 e. The smallest absolute Gasteiger partial charge is 0.389 e. The lowest BCUT2D eigenvalue weighted by atomic mass is 10.3. The van der Waals surface area contributed by atoms with E-state index in [2.05, 4.69) is 6.58 Å². The molecule has 1 nitrogen and oxygen atoms in total. The summed E-state index contributed by atoms with van der Waals surface area (Å²) in [5.41, 5.74) is 0. The van der Waals surface area contributed by atoms with Crippen molar-refractivity contribution in [1.29, 1.82) is 0 Å². The third kappa shape index (κ3) is 8.08. The van der Waals surface area contributed by atoms with Crippen LogP contribution in [-0.2, 0) is 4.74 Å². The number of allylic oxidation sites excluding steroid dienone is 4. The average Bonchev–Trinajstić information content (AvgIpc) is 2.20. The quantitative estimate of drug-likeness (QED) is 0.290. The molecule has 0 aliphatic rings. The molecule has 0 radical (unpaired) electrons. The van der Waals surface area contributed by atoms with Crippen LogP contribution in [0.2, 0.25) is 0 Å². The summed E-state index contributed by atoms with van der Waals surface area (Å²) < 4.78 is 53.0. The zero-order chi connectivity index (χ0) is 12.6. The molecule has 0 aliphatic heterocycles. The van der Waals surface area contributed by atoms with Gasteiger partial charge in [-0.2, -0.15) is 13.2 Å². The molecule has 0 atom stereocenters. The van der Waals surface area contributed by atoms with Crippen molar-refractivity contribution in [3.63, 3.8) is 0 Å². The van der Waals surface area contributed by atoms with Gasteiger partial charge in [-0.1, -0.05) is 12.7 Å². The molecule has 0 aromatic carbocycles. The maximum absolute atomic E-state index is 12.7. The molecule has 0 fully saturated rings. The Morgan fingerprint density at radius 3 is 2.44 bits per heavy atom. The van der Waals surface area contributed by atoms with Gasteiger partial charge < -0.3 is 4.74 Å². The van der Waals surface area contributed by atoms with Gasteiger partial charge in [-0.05, 0) is 19.4 Å². The first kappa shape index (κ1) is 14.7. The Hall–Kier alpha value is -1.26. The van der Waals surface area contributed by atoms with Crippen LogP contribution in [0, 0.1) is 0 Å². The monoisotopic (exact) mass is 238 g/mol. The standard InChI is InChI=1S/C11H14F4O/c1-3-9(12)8-10(4-2)16-7-5-6-11(13,14)15/h3-4,8H,2,5-7H2,1H3/b9-3+,10-8+. The van der Waals surface area contributed by atoms with Gasteiger partial charge in [-0.25, -0.2) is 4.39 Å². The molecule has 16 heavy (non-hydrogen) atoms. The van der Waals surface area contributed by atoms with E-state index >= 15 is 0 Å². The fourth-order valence-corrected chi connectivity index (χ4v) is 0.841. The second-order valence-corrected chi connectivity index (χ2v) is 2.99. The maximum atomic E-state index is 12.7. The van der Waals surface area contributed by atoms with Gasteiger partial charge in [-0.15, -0.1) is 0 Å². The Bertz CT molecular complexity index is 276. The van der Waals surface area contributed by atoms with Crippen molar-refractivity contribution in [2.75, 3.05) is 6.61 Å². The van der Waals surface area contributed by atoms with Crippen LogP contribution in [0.3, 0.4) is 0 Å². The second kappa shape index (κ2) is 7.09. The van der Waals surface area contributed by atoms with E-state index in [4.69, 9.17) is 4.74 Å². The molecule has 5 heteroatoms. The number of halogens is 4. The summed E-state index contributed by atoms with van der Waals surface area (Å²) >= 11 is 0. The summed E-state index contributed by atoms with van der Waals surface area (Å²) in [6.07, 6.45) is -1.73. The zero-order valence-corrected chi connectivity index (χ0v) is 8.98. The summed E-state index contributed by atoms with van der Waals surface area (Å²) in [4.78, 5) is 0. The first-order valence-corrected chi connectivity index (χ1v) is 4.74. The molecule has 0 unspecified atom stereocenters. The molecule has 0 aliphatic carbocycles. The van der Waals surface area contributed by atoms with Gasteiger partial charge in [0.05, 0.1) is 6.61 Å². The lowest BCUT2D eigenvalue weighted by molar-refractivity contribution is -0.137. The Morgan fingerprint density at radius 2 is 2.00 bits per heavy atom. The van der Waals surface area contributed by atoms with E-state index in [1.807, 2.05) is 0 Å². The highest BCUT2D eigenvalue weighted by Crippen LogP contribution is 2.21. The van der Waals surface area contributed by atoms with Gasteiger partial charge in [0, 0.05) is 12.5 Å². The number of hydrogen-bond donors (Lipinski definition) is 0. The van der Waals surface area contributed by atoms with Crippen LogP contribution in [0.25, 0.3) is 0 Å². The molecule has 0 bridgehead atoms. The van der Waals surface area contributed by atoms with Crippen LogP contribution in [0.4, 0.5) is 17.6 Å². The number of hydrogen-bond acceptors (Lipinski definition) is 1. The van der Waals surface area contributed by atoms with Crippen molar-refractivity contribution in [2.24, 2.45) is 0 Å². The molecule has 0 amide bonds. The zero-order valence-electron chi connectivity index (χ0n) is 8.98. The SMILES string of the molecule is C=C/C(=C\C(F)=C/C)OCCCC(F)(F)F. The summed E-state index contributed by atoms with van der Waals surface area (Å²) in [6.45, 7) is 4.75. The lowest BCUT2D eigenvalue weighted by Crippen LogP contribution is -2.08. The molecule has 0 N–H and O–H groups in total. The fraction of sp³-hybridized carbons (Fsp3) is 0.455. The van der Waals surface area contributed by atoms with Gasteiger partial charge in [-0.3, -0.25) is 0 Å². The van der Waals surface area contributed by atoms with Crippen LogP contribution in [0.15, 0.2) is 36.4 Å². The van der Waals surface area contributed by atoms with E-state index in [-0.39, 0.29) is 18.8 Å². The fourth-order valence-electron chi connectivity index (χ4n) is 0.841. The van der Waals surface area contributed by atoms with Crippen molar-refractivity contribution in [3.05, 3.63) is 36.4 Å². The van der Waals surface area contributed by atoms with Crippen LogP contribution >= 0.6 is 0 Å². The summed E-state index contributed by atoms with van der Waals surface area (Å²) in [5, 5.41) is 0. The summed E-state index contributed by atoms with van der Waals surface area (Å²) in [7, 11) is 0. The minimum atomic E-state index is -4.18. The van der Waals surface area contributed by atoms with E-state index in [1.54, 1.807) is 0 Å². The van der Waals surface area contributed by atoms with E-state index in [9.17, 15) is 17.6 Å². The summed E-state index contributed by atoms with van der Waals surface area (Å²) in [6, 6.07) is 0. The first-order valence-electron chi connectivity index (χ1n) is 4.74. The molecular formula is C11H14F4O. The third-order valence-electron chi connectivity index (χ3n) is 1.63. The Labute approximate surface area is 92.1 Å². The molecule has 0 saturated heterocycles. The van der Waals surface area contributed by atoms with Crippen LogP contribution in [0.1, 0.15) is 19.8 Å². The van der Waals surface area contributed by atoms with E-state index < -0.39 is 18.4 Å². The first-order chi connectivity index (χ1) is 7.39. The van der Waals surface area contributed by atoms with Crippen LogP contribution < -0.4 is 0 Å². The molecule has 0 saturated carbocycles. The number of rotatable bonds is 6. The predicted molar refractivity (Wildman–Crippen MR) is 54.4 cm³/mol. The van der Waals surface area contributed by atoms with Crippen molar-refractivity contribution >= 4 is 0 Å². The normalized spacial score (nSPS) is 13.8. The molecule has 0 rings (SSSR count).